The minimum absolute atomic E-state index is 0.340. The van der Waals surface area contributed by atoms with E-state index in [1.54, 1.807) is 0 Å². The third-order valence-corrected chi connectivity index (χ3v) is 4.46. The molecule has 0 aromatic heterocycles. The molecule has 2 N–H and O–H groups in total. The van der Waals surface area contributed by atoms with Crippen LogP contribution in [-0.2, 0) is 4.74 Å². The lowest BCUT2D eigenvalue weighted by molar-refractivity contribution is 0.0527. The van der Waals surface area contributed by atoms with E-state index < -0.39 is 5.60 Å². The van der Waals surface area contributed by atoms with Gasteiger partial charge in [0.25, 0.3) is 0 Å². The van der Waals surface area contributed by atoms with E-state index in [0.717, 1.165) is 12.3 Å². The lowest BCUT2D eigenvalue weighted by atomic mass is 9.88. The summed E-state index contributed by atoms with van der Waals surface area (Å²) in [5.41, 5.74) is -0.0132. The van der Waals surface area contributed by atoms with Crippen molar-refractivity contribution in [3.8, 4) is 0 Å². The molecule has 1 rings (SSSR count). The van der Waals surface area contributed by atoms with Crippen molar-refractivity contribution in [3.63, 3.8) is 0 Å². The fourth-order valence-electron chi connectivity index (χ4n) is 2.15. The van der Waals surface area contributed by atoms with Gasteiger partial charge in [0.1, 0.15) is 5.60 Å². The Balaban J connectivity index is 2.12. The number of nitrogens with one attached hydrogen (secondary N) is 2. The number of ether oxygens (including phenoxy) is 1. The van der Waals surface area contributed by atoms with Gasteiger partial charge in [-0.2, -0.15) is 11.8 Å². The van der Waals surface area contributed by atoms with Crippen LogP contribution >= 0.6 is 11.8 Å². The number of carbonyl (C=O) groups is 1. The molecule has 0 aromatic rings. The molecule has 1 saturated heterocycles. The molecule has 1 unspecified atom stereocenters. The maximum absolute atomic E-state index is 11.4. The van der Waals surface area contributed by atoms with Crippen molar-refractivity contribution < 1.29 is 9.53 Å². The zero-order valence-electron chi connectivity index (χ0n) is 12.8. The molecular formula is C14H28N2O2S. The van der Waals surface area contributed by atoms with Crippen LogP contribution in [0.2, 0.25) is 0 Å². The molecule has 1 heterocycles. The van der Waals surface area contributed by atoms with Crippen molar-refractivity contribution in [2.24, 2.45) is 5.41 Å². The first kappa shape index (κ1) is 16.6. The van der Waals surface area contributed by atoms with E-state index in [1.807, 2.05) is 32.5 Å². The predicted octanol–water partition coefficient (Wildman–Crippen LogP) is 2.63. The summed E-state index contributed by atoms with van der Waals surface area (Å²) in [6.07, 6.45) is 0.861. The van der Waals surface area contributed by atoms with Gasteiger partial charge in [0, 0.05) is 24.9 Å². The molecule has 1 atom stereocenters. The van der Waals surface area contributed by atoms with Crippen molar-refractivity contribution in [2.75, 3.05) is 24.6 Å². The third kappa shape index (κ3) is 7.67. The molecule has 19 heavy (non-hydrogen) atoms. The molecule has 4 nitrogen and oxygen atoms in total. The topological polar surface area (TPSA) is 50.4 Å². The summed E-state index contributed by atoms with van der Waals surface area (Å²) in [7, 11) is 0. The molecular weight excluding hydrogens is 260 g/mol. The minimum Gasteiger partial charge on any atom is -0.444 e. The highest BCUT2D eigenvalue weighted by molar-refractivity contribution is 7.99. The smallest absolute Gasteiger partial charge is 0.407 e. The Kier molecular flexibility index (Phi) is 5.99. The summed E-state index contributed by atoms with van der Waals surface area (Å²) in [6.45, 7) is 11.6. The van der Waals surface area contributed by atoms with Gasteiger partial charge in [0.05, 0.1) is 0 Å². The summed E-state index contributed by atoms with van der Waals surface area (Å²) in [6, 6.07) is 0.550. The lowest BCUT2D eigenvalue weighted by Gasteiger charge is -2.35. The molecule has 0 radical (unpaired) electrons. The number of carbonyl (C=O) groups excluding carboxylic acids is 1. The highest BCUT2D eigenvalue weighted by Gasteiger charge is 2.27. The van der Waals surface area contributed by atoms with E-state index >= 15 is 0 Å². The largest absolute Gasteiger partial charge is 0.444 e. The highest BCUT2D eigenvalue weighted by Crippen LogP contribution is 2.33. The summed E-state index contributed by atoms with van der Waals surface area (Å²) in [5, 5.41) is 6.27. The maximum Gasteiger partial charge on any atom is 0.407 e. The maximum atomic E-state index is 11.4. The van der Waals surface area contributed by atoms with E-state index in [4.69, 9.17) is 4.74 Å². The van der Waals surface area contributed by atoms with Crippen LogP contribution in [0.1, 0.15) is 41.0 Å². The average Bonchev–Trinajstić information content (AvgIpc) is 2.20. The molecule has 0 bridgehead atoms. The van der Waals surface area contributed by atoms with Gasteiger partial charge in [-0.15, -0.1) is 0 Å². The number of thioether (sulfide) groups is 1. The zero-order valence-corrected chi connectivity index (χ0v) is 13.7. The van der Waals surface area contributed by atoms with E-state index in [2.05, 4.69) is 24.5 Å². The Morgan fingerprint density at radius 3 is 2.63 bits per heavy atom. The van der Waals surface area contributed by atoms with Gasteiger partial charge in [-0.25, -0.2) is 4.79 Å². The molecule has 1 aliphatic rings. The first-order valence-corrected chi connectivity index (χ1v) is 8.11. The monoisotopic (exact) mass is 288 g/mol. The van der Waals surface area contributed by atoms with Gasteiger partial charge in [-0.05, 0) is 38.4 Å². The fraction of sp³-hybridized carbons (Fsp3) is 0.929. The molecule has 0 saturated carbocycles. The van der Waals surface area contributed by atoms with E-state index in [1.165, 1.54) is 12.2 Å². The first-order valence-electron chi connectivity index (χ1n) is 6.96. The zero-order chi connectivity index (χ0) is 14.5. The molecule has 0 spiro atoms. The van der Waals surface area contributed by atoms with Crippen LogP contribution in [0.15, 0.2) is 0 Å². The van der Waals surface area contributed by atoms with Crippen molar-refractivity contribution in [3.05, 3.63) is 0 Å². The van der Waals surface area contributed by atoms with Crippen LogP contribution in [0.5, 0.6) is 0 Å². The molecule has 1 amide bonds. The number of hydrogen-bond acceptors (Lipinski definition) is 4. The molecule has 0 aliphatic carbocycles. The second-order valence-electron chi connectivity index (χ2n) is 6.96. The Morgan fingerprint density at radius 2 is 2.05 bits per heavy atom. The second-order valence-corrected chi connectivity index (χ2v) is 7.99. The summed E-state index contributed by atoms with van der Waals surface area (Å²) >= 11 is 2.01. The van der Waals surface area contributed by atoms with Crippen molar-refractivity contribution in [1.29, 1.82) is 0 Å². The standard InChI is InChI=1S/C14H28N2O2S/c1-13(2,3)18-12(17)16-7-6-15-11-8-14(4,5)10-19-9-11/h11,15H,6-10H2,1-5H3,(H,16,17). The van der Waals surface area contributed by atoms with Crippen molar-refractivity contribution >= 4 is 17.9 Å². The Bertz CT molecular complexity index is 300. The van der Waals surface area contributed by atoms with Crippen LogP contribution in [-0.4, -0.2) is 42.3 Å². The van der Waals surface area contributed by atoms with Gasteiger partial charge in [0.2, 0.25) is 0 Å². The molecule has 112 valence electrons. The van der Waals surface area contributed by atoms with Gasteiger partial charge in [0.15, 0.2) is 0 Å². The second kappa shape index (κ2) is 6.84. The van der Waals surface area contributed by atoms with Gasteiger partial charge < -0.3 is 15.4 Å². The Labute approximate surface area is 121 Å². The average molecular weight is 288 g/mol. The van der Waals surface area contributed by atoms with E-state index in [9.17, 15) is 4.79 Å². The number of rotatable bonds is 4. The first-order chi connectivity index (χ1) is 8.68. The normalized spacial score (nSPS) is 22.9. The quantitative estimate of drug-likeness (QED) is 0.781. The highest BCUT2D eigenvalue weighted by atomic mass is 32.2. The van der Waals surface area contributed by atoms with Gasteiger partial charge >= 0.3 is 6.09 Å². The predicted molar refractivity (Wildman–Crippen MR) is 81.8 cm³/mol. The third-order valence-electron chi connectivity index (χ3n) is 2.84. The number of alkyl carbamates (subject to hydrolysis) is 1. The number of amides is 1. The van der Waals surface area contributed by atoms with Gasteiger partial charge in [-0.3, -0.25) is 0 Å². The molecule has 1 fully saturated rings. The Morgan fingerprint density at radius 1 is 1.37 bits per heavy atom. The van der Waals surface area contributed by atoms with E-state index in [-0.39, 0.29) is 6.09 Å². The molecule has 5 heteroatoms. The van der Waals surface area contributed by atoms with E-state index in [0.29, 0.717) is 18.0 Å². The Hall–Kier alpha value is -0.420. The van der Waals surface area contributed by atoms with Crippen molar-refractivity contribution in [2.45, 2.75) is 52.7 Å². The fourth-order valence-corrected chi connectivity index (χ4v) is 3.46. The van der Waals surface area contributed by atoms with Crippen molar-refractivity contribution in [1.82, 2.24) is 10.6 Å². The van der Waals surface area contributed by atoms with Crippen LogP contribution in [0.4, 0.5) is 4.79 Å². The number of hydrogen-bond donors (Lipinski definition) is 2. The van der Waals surface area contributed by atoms with Crippen LogP contribution in [0.25, 0.3) is 0 Å². The minimum atomic E-state index is -0.429. The van der Waals surface area contributed by atoms with Crippen LogP contribution in [0.3, 0.4) is 0 Å². The van der Waals surface area contributed by atoms with Gasteiger partial charge in [-0.1, -0.05) is 13.8 Å². The SMILES string of the molecule is CC1(C)CSCC(NCCNC(=O)OC(C)(C)C)C1. The molecule has 1 aliphatic heterocycles. The van der Waals surface area contributed by atoms with Crippen LogP contribution in [0, 0.1) is 5.41 Å². The molecule has 0 aromatic carbocycles. The lowest BCUT2D eigenvalue weighted by Crippen LogP contribution is -2.44. The van der Waals surface area contributed by atoms with Crippen LogP contribution < -0.4 is 10.6 Å². The summed E-state index contributed by atoms with van der Waals surface area (Å²) in [5.74, 6) is 2.40. The summed E-state index contributed by atoms with van der Waals surface area (Å²) in [4.78, 5) is 11.4. The summed E-state index contributed by atoms with van der Waals surface area (Å²) < 4.78 is 5.18.